The summed E-state index contributed by atoms with van der Waals surface area (Å²) in [5.41, 5.74) is 2.23. The highest BCUT2D eigenvalue weighted by atomic mass is 16.2. The van der Waals surface area contributed by atoms with Crippen LogP contribution in [0.15, 0.2) is 35.9 Å². The summed E-state index contributed by atoms with van der Waals surface area (Å²) in [5, 5.41) is 2.99. The van der Waals surface area contributed by atoms with Crippen LogP contribution >= 0.6 is 0 Å². The van der Waals surface area contributed by atoms with E-state index < -0.39 is 0 Å². The molecule has 160 valence electrons. The molecule has 1 aliphatic rings. The van der Waals surface area contributed by atoms with E-state index in [-0.39, 0.29) is 17.9 Å². The zero-order valence-corrected chi connectivity index (χ0v) is 18.3. The lowest BCUT2D eigenvalue weighted by atomic mass is 10.0. The largest absolute Gasteiger partial charge is 0.354 e. The molecule has 1 saturated heterocycles. The minimum Gasteiger partial charge on any atom is -0.354 e. The van der Waals surface area contributed by atoms with Gasteiger partial charge in [0, 0.05) is 19.5 Å². The highest BCUT2D eigenvalue weighted by molar-refractivity contribution is 5.88. The Labute approximate surface area is 176 Å². The molecule has 1 heterocycles. The van der Waals surface area contributed by atoms with Crippen molar-refractivity contribution in [2.75, 3.05) is 13.1 Å². The Kier molecular flexibility index (Phi) is 10.5. The van der Waals surface area contributed by atoms with Crippen LogP contribution in [0, 0.1) is 0 Å². The first kappa shape index (κ1) is 23.2. The Hall–Kier alpha value is -2.10. The minimum atomic E-state index is -0.343. The summed E-state index contributed by atoms with van der Waals surface area (Å²) in [7, 11) is 0. The summed E-state index contributed by atoms with van der Waals surface area (Å²) in [5.74, 6) is 0.120. The van der Waals surface area contributed by atoms with Crippen molar-refractivity contribution in [3.63, 3.8) is 0 Å². The van der Waals surface area contributed by atoms with Crippen LogP contribution < -0.4 is 5.32 Å². The maximum atomic E-state index is 13.1. The second-order valence-corrected chi connectivity index (χ2v) is 8.24. The van der Waals surface area contributed by atoms with Gasteiger partial charge in [-0.15, -0.1) is 0 Å². The van der Waals surface area contributed by atoms with Gasteiger partial charge in [0.1, 0.15) is 6.04 Å². The Morgan fingerprint density at radius 1 is 1.10 bits per heavy atom. The SMILES string of the molecule is CCCCCCCCC(=O)N(C/C(C)=C/c1ccccc1)C1CCCCNC1=O. The monoisotopic (exact) mass is 398 g/mol. The van der Waals surface area contributed by atoms with Gasteiger partial charge in [-0.05, 0) is 38.2 Å². The fourth-order valence-corrected chi connectivity index (χ4v) is 3.94. The first-order valence-corrected chi connectivity index (χ1v) is 11.4. The van der Waals surface area contributed by atoms with Crippen LogP contribution in [0.5, 0.6) is 0 Å². The van der Waals surface area contributed by atoms with Gasteiger partial charge in [0.2, 0.25) is 11.8 Å². The molecule has 1 aromatic rings. The summed E-state index contributed by atoms with van der Waals surface area (Å²) in [6.45, 7) is 5.49. The molecule has 29 heavy (non-hydrogen) atoms. The number of benzene rings is 1. The van der Waals surface area contributed by atoms with E-state index in [1.54, 1.807) is 0 Å². The van der Waals surface area contributed by atoms with Crippen LogP contribution in [-0.2, 0) is 9.59 Å². The maximum absolute atomic E-state index is 13.1. The van der Waals surface area contributed by atoms with Gasteiger partial charge in [0.05, 0.1) is 0 Å². The Balaban J connectivity index is 2.03. The van der Waals surface area contributed by atoms with Gasteiger partial charge in [-0.2, -0.15) is 0 Å². The smallest absolute Gasteiger partial charge is 0.242 e. The molecule has 4 heteroatoms. The summed E-state index contributed by atoms with van der Waals surface area (Å²) in [4.78, 5) is 27.6. The van der Waals surface area contributed by atoms with Crippen molar-refractivity contribution in [2.24, 2.45) is 0 Å². The number of carbonyl (C=O) groups excluding carboxylic acids is 2. The molecular formula is C25H38N2O2. The highest BCUT2D eigenvalue weighted by Gasteiger charge is 2.30. The standard InChI is InChI=1S/C25H38N2O2/c1-3-4-5-6-7-11-17-24(28)27(23-16-12-13-18-26-25(23)29)20-21(2)19-22-14-9-8-10-15-22/h8-10,14-15,19,23H,3-7,11-13,16-18,20H2,1-2H3,(H,26,29)/b21-19+. The zero-order chi connectivity index (χ0) is 20.9. The third-order valence-electron chi connectivity index (χ3n) is 5.58. The summed E-state index contributed by atoms with van der Waals surface area (Å²) in [6.07, 6.45) is 12.3. The second-order valence-electron chi connectivity index (χ2n) is 8.24. The van der Waals surface area contributed by atoms with E-state index in [0.29, 0.717) is 19.5 Å². The van der Waals surface area contributed by atoms with E-state index in [1.165, 1.54) is 25.7 Å². The molecular weight excluding hydrogens is 360 g/mol. The first-order chi connectivity index (χ1) is 14.1. The van der Waals surface area contributed by atoms with Crippen LogP contribution in [-0.4, -0.2) is 35.8 Å². The topological polar surface area (TPSA) is 49.4 Å². The van der Waals surface area contributed by atoms with Gasteiger partial charge in [-0.25, -0.2) is 0 Å². The maximum Gasteiger partial charge on any atom is 0.242 e. The predicted octanol–water partition coefficient (Wildman–Crippen LogP) is 5.34. The molecule has 1 N–H and O–H groups in total. The van der Waals surface area contributed by atoms with E-state index in [4.69, 9.17) is 0 Å². The quantitative estimate of drug-likeness (QED) is 0.512. The van der Waals surface area contributed by atoms with E-state index in [0.717, 1.165) is 43.2 Å². The van der Waals surface area contributed by atoms with E-state index in [9.17, 15) is 9.59 Å². The summed E-state index contributed by atoms with van der Waals surface area (Å²) >= 11 is 0. The normalized spacial score (nSPS) is 17.5. The van der Waals surface area contributed by atoms with Gasteiger partial charge >= 0.3 is 0 Å². The Bertz CT molecular complexity index is 654. The summed E-state index contributed by atoms with van der Waals surface area (Å²) in [6, 6.07) is 9.80. The molecule has 0 saturated carbocycles. The number of hydrogen-bond acceptors (Lipinski definition) is 2. The fourth-order valence-electron chi connectivity index (χ4n) is 3.94. The number of nitrogens with one attached hydrogen (secondary N) is 1. The van der Waals surface area contributed by atoms with Gasteiger partial charge in [0.15, 0.2) is 0 Å². The average Bonchev–Trinajstić information content (AvgIpc) is 2.93. The van der Waals surface area contributed by atoms with Crippen molar-refractivity contribution < 1.29 is 9.59 Å². The number of amides is 2. The molecule has 0 radical (unpaired) electrons. The van der Waals surface area contributed by atoms with Crippen LogP contribution in [0.25, 0.3) is 6.08 Å². The van der Waals surface area contributed by atoms with Gasteiger partial charge in [0.25, 0.3) is 0 Å². The number of rotatable bonds is 11. The van der Waals surface area contributed by atoms with Crippen molar-refractivity contribution >= 4 is 17.9 Å². The van der Waals surface area contributed by atoms with Gasteiger partial charge in [-0.1, -0.05) is 81.0 Å². The van der Waals surface area contributed by atoms with E-state index in [2.05, 4.69) is 30.4 Å². The number of hydrogen-bond donors (Lipinski definition) is 1. The Morgan fingerprint density at radius 3 is 2.59 bits per heavy atom. The van der Waals surface area contributed by atoms with Crippen LogP contribution in [0.4, 0.5) is 0 Å². The van der Waals surface area contributed by atoms with Crippen molar-refractivity contribution in [1.29, 1.82) is 0 Å². The molecule has 0 aliphatic carbocycles. The molecule has 1 atom stereocenters. The van der Waals surface area contributed by atoms with Crippen LogP contribution in [0.3, 0.4) is 0 Å². The Morgan fingerprint density at radius 2 is 1.83 bits per heavy atom. The second kappa shape index (κ2) is 13.2. The third-order valence-corrected chi connectivity index (χ3v) is 5.58. The first-order valence-electron chi connectivity index (χ1n) is 11.4. The lowest BCUT2D eigenvalue weighted by Gasteiger charge is -2.30. The van der Waals surface area contributed by atoms with Crippen molar-refractivity contribution in [2.45, 2.75) is 84.1 Å². The van der Waals surface area contributed by atoms with Crippen molar-refractivity contribution in [1.82, 2.24) is 10.2 Å². The number of nitrogens with zero attached hydrogens (tertiary/aromatic N) is 1. The third kappa shape index (κ3) is 8.43. The fraction of sp³-hybridized carbons (Fsp3) is 0.600. The zero-order valence-electron chi connectivity index (χ0n) is 18.3. The lowest BCUT2D eigenvalue weighted by Crippen LogP contribution is -2.49. The molecule has 2 rings (SSSR count). The highest BCUT2D eigenvalue weighted by Crippen LogP contribution is 2.18. The molecule has 2 amide bonds. The van der Waals surface area contributed by atoms with E-state index >= 15 is 0 Å². The molecule has 1 aliphatic heterocycles. The number of unbranched alkanes of at least 4 members (excludes halogenated alkanes) is 5. The molecule has 1 unspecified atom stereocenters. The van der Waals surface area contributed by atoms with Gasteiger partial charge in [-0.3, -0.25) is 9.59 Å². The van der Waals surface area contributed by atoms with E-state index in [1.807, 2.05) is 30.0 Å². The number of carbonyl (C=O) groups is 2. The predicted molar refractivity (Wildman–Crippen MR) is 120 cm³/mol. The average molecular weight is 399 g/mol. The van der Waals surface area contributed by atoms with Crippen LogP contribution in [0.1, 0.15) is 83.6 Å². The molecule has 1 aromatic carbocycles. The van der Waals surface area contributed by atoms with Crippen molar-refractivity contribution in [3.8, 4) is 0 Å². The van der Waals surface area contributed by atoms with Gasteiger partial charge < -0.3 is 10.2 Å². The molecule has 0 spiro atoms. The lowest BCUT2D eigenvalue weighted by molar-refractivity contribution is -0.140. The summed E-state index contributed by atoms with van der Waals surface area (Å²) < 4.78 is 0. The van der Waals surface area contributed by atoms with Crippen molar-refractivity contribution in [3.05, 3.63) is 41.5 Å². The minimum absolute atomic E-state index is 0.00584. The molecule has 0 aromatic heterocycles. The van der Waals surface area contributed by atoms with Crippen LogP contribution in [0.2, 0.25) is 0 Å². The molecule has 0 bridgehead atoms. The molecule has 1 fully saturated rings. The molecule has 4 nitrogen and oxygen atoms in total.